The Morgan fingerprint density at radius 1 is 1.45 bits per heavy atom. The fourth-order valence-corrected chi connectivity index (χ4v) is 4.46. The summed E-state index contributed by atoms with van der Waals surface area (Å²) in [7, 11) is -1.71. The van der Waals surface area contributed by atoms with Gasteiger partial charge in [-0.2, -0.15) is 4.31 Å². The van der Waals surface area contributed by atoms with Gasteiger partial charge in [0.25, 0.3) is 10.0 Å². The number of rotatable bonds is 6. The molecule has 0 amide bonds. The lowest BCUT2D eigenvalue weighted by Gasteiger charge is -2.27. The number of hydrogen-bond acceptors (Lipinski definition) is 4. The summed E-state index contributed by atoms with van der Waals surface area (Å²) in [6, 6.07) is 0.105. The van der Waals surface area contributed by atoms with E-state index in [1.54, 1.807) is 29.0 Å². The van der Waals surface area contributed by atoms with E-state index in [9.17, 15) is 8.42 Å². The molecule has 1 fully saturated rings. The molecule has 0 bridgehead atoms. The summed E-state index contributed by atoms with van der Waals surface area (Å²) in [6.45, 7) is 2.79. The second kappa shape index (κ2) is 6.24. The summed E-state index contributed by atoms with van der Waals surface area (Å²) in [4.78, 5) is 4.18. The largest absolute Gasteiger partial charge is 0.337 e. The highest BCUT2D eigenvalue weighted by atomic mass is 32.2. The smallest absolute Gasteiger partial charge is 0.262 e. The van der Waals surface area contributed by atoms with Crippen molar-refractivity contribution < 1.29 is 8.42 Å². The van der Waals surface area contributed by atoms with Gasteiger partial charge in [0.15, 0.2) is 5.03 Å². The summed E-state index contributed by atoms with van der Waals surface area (Å²) in [5.41, 5.74) is 5.54. The molecule has 1 aliphatic rings. The molecule has 1 aliphatic carbocycles. The van der Waals surface area contributed by atoms with Gasteiger partial charge >= 0.3 is 0 Å². The van der Waals surface area contributed by atoms with Gasteiger partial charge in [-0.25, -0.2) is 13.4 Å². The van der Waals surface area contributed by atoms with E-state index in [0.717, 1.165) is 25.7 Å². The predicted octanol–water partition coefficient (Wildman–Crippen LogP) is 1.01. The Labute approximate surface area is 121 Å². The Morgan fingerprint density at radius 3 is 2.60 bits per heavy atom. The molecule has 2 rings (SSSR count). The van der Waals surface area contributed by atoms with Gasteiger partial charge in [-0.15, -0.1) is 0 Å². The van der Waals surface area contributed by atoms with Crippen molar-refractivity contribution in [1.82, 2.24) is 13.9 Å². The summed E-state index contributed by atoms with van der Waals surface area (Å²) < 4.78 is 29.0. The van der Waals surface area contributed by atoms with Crippen LogP contribution in [0.5, 0.6) is 0 Å². The SMILES string of the molecule is Cc1nc(S(=O)(=O)N(CCCN)C2CCCC2)cn1C. The standard InChI is InChI=1S/C13H24N4O2S/c1-11-15-13(10-16(11)2)20(18,19)17(9-5-8-14)12-6-3-4-7-12/h10,12H,3-9,14H2,1-2H3. The van der Waals surface area contributed by atoms with E-state index in [1.165, 1.54) is 0 Å². The van der Waals surface area contributed by atoms with Crippen LogP contribution in [0.4, 0.5) is 0 Å². The quantitative estimate of drug-likeness (QED) is 0.850. The molecule has 2 N–H and O–H groups in total. The highest BCUT2D eigenvalue weighted by Crippen LogP contribution is 2.28. The average Bonchev–Trinajstić information content (AvgIpc) is 3.01. The molecule has 0 saturated heterocycles. The summed E-state index contributed by atoms with van der Waals surface area (Å²) in [6.07, 6.45) is 6.35. The number of hydrogen-bond donors (Lipinski definition) is 1. The zero-order chi connectivity index (χ0) is 14.8. The van der Waals surface area contributed by atoms with Crippen LogP contribution in [0, 0.1) is 6.92 Å². The molecule has 114 valence electrons. The lowest BCUT2D eigenvalue weighted by Crippen LogP contribution is -2.40. The molecular formula is C13H24N4O2S. The minimum Gasteiger partial charge on any atom is -0.337 e. The van der Waals surface area contributed by atoms with E-state index in [4.69, 9.17) is 5.73 Å². The summed E-state index contributed by atoms with van der Waals surface area (Å²) in [5.74, 6) is 0.703. The Kier molecular flexibility index (Phi) is 4.82. The Bertz CT molecular complexity index is 527. The first-order valence-electron chi connectivity index (χ1n) is 7.18. The van der Waals surface area contributed by atoms with Crippen LogP contribution >= 0.6 is 0 Å². The molecule has 0 aliphatic heterocycles. The number of aromatic nitrogens is 2. The molecule has 1 saturated carbocycles. The monoisotopic (exact) mass is 300 g/mol. The summed E-state index contributed by atoms with van der Waals surface area (Å²) >= 11 is 0. The molecule has 0 aromatic carbocycles. The fraction of sp³-hybridized carbons (Fsp3) is 0.769. The molecule has 0 unspecified atom stereocenters. The first-order valence-corrected chi connectivity index (χ1v) is 8.62. The van der Waals surface area contributed by atoms with E-state index in [1.807, 2.05) is 0 Å². The van der Waals surface area contributed by atoms with Crippen LogP contribution < -0.4 is 5.73 Å². The third kappa shape index (κ3) is 3.05. The van der Waals surface area contributed by atoms with E-state index in [2.05, 4.69) is 4.98 Å². The molecule has 6 nitrogen and oxygen atoms in total. The van der Waals surface area contributed by atoms with Crippen molar-refractivity contribution in [2.24, 2.45) is 12.8 Å². The topological polar surface area (TPSA) is 81.2 Å². The van der Waals surface area contributed by atoms with Crippen LogP contribution in [0.25, 0.3) is 0 Å². The van der Waals surface area contributed by atoms with Crippen LogP contribution in [0.15, 0.2) is 11.2 Å². The van der Waals surface area contributed by atoms with Gasteiger partial charge in [-0.1, -0.05) is 12.8 Å². The lowest BCUT2D eigenvalue weighted by atomic mass is 10.2. The maximum atomic E-state index is 12.8. The Morgan fingerprint density at radius 2 is 2.10 bits per heavy atom. The van der Waals surface area contributed by atoms with Crippen molar-refractivity contribution in [2.75, 3.05) is 13.1 Å². The van der Waals surface area contributed by atoms with E-state index in [0.29, 0.717) is 25.3 Å². The van der Waals surface area contributed by atoms with Gasteiger partial charge in [0.1, 0.15) is 5.82 Å². The third-order valence-electron chi connectivity index (χ3n) is 3.97. The van der Waals surface area contributed by atoms with Crippen LogP contribution in [-0.2, 0) is 17.1 Å². The van der Waals surface area contributed by atoms with E-state index in [-0.39, 0.29) is 11.1 Å². The van der Waals surface area contributed by atoms with Crippen molar-refractivity contribution in [1.29, 1.82) is 0 Å². The van der Waals surface area contributed by atoms with Gasteiger partial charge in [0, 0.05) is 25.8 Å². The van der Waals surface area contributed by atoms with Crippen LogP contribution in [0.2, 0.25) is 0 Å². The van der Waals surface area contributed by atoms with Crippen molar-refractivity contribution in [3.63, 3.8) is 0 Å². The zero-order valence-corrected chi connectivity index (χ0v) is 13.1. The Balaban J connectivity index is 2.29. The van der Waals surface area contributed by atoms with Gasteiger partial charge in [-0.3, -0.25) is 0 Å². The van der Waals surface area contributed by atoms with E-state index >= 15 is 0 Å². The highest BCUT2D eigenvalue weighted by molar-refractivity contribution is 7.89. The van der Waals surface area contributed by atoms with Crippen LogP contribution in [0.1, 0.15) is 37.9 Å². The van der Waals surface area contributed by atoms with Crippen molar-refractivity contribution in [3.8, 4) is 0 Å². The first-order chi connectivity index (χ1) is 9.46. The molecule has 1 aromatic rings. The first kappa shape index (κ1) is 15.5. The van der Waals surface area contributed by atoms with Gasteiger partial charge in [0.05, 0.1) is 0 Å². The normalized spacial score (nSPS) is 17.2. The lowest BCUT2D eigenvalue weighted by molar-refractivity contribution is 0.319. The third-order valence-corrected chi connectivity index (χ3v) is 5.80. The van der Waals surface area contributed by atoms with Crippen molar-refractivity contribution in [3.05, 3.63) is 12.0 Å². The van der Waals surface area contributed by atoms with Gasteiger partial charge in [-0.05, 0) is 32.7 Å². The second-order valence-corrected chi connectivity index (χ2v) is 7.27. The number of nitrogens with two attached hydrogens (primary N) is 1. The van der Waals surface area contributed by atoms with Crippen LogP contribution in [0.3, 0.4) is 0 Å². The number of imidazole rings is 1. The minimum absolute atomic E-state index is 0.105. The van der Waals surface area contributed by atoms with Crippen molar-refractivity contribution in [2.45, 2.75) is 50.1 Å². The summed E-state index contributed by atoms with van der Waals surface area (Å²) in [5, 5.41) is 0.154. The average molecular weight is 300 g/mol. The number of aryl methyl sites for hydroxylation is 2. The molecule has 20 heavy (non-hydrogen) atoms. The molecule has 0 spiro atoms. The zero-order valence-electron chi connectivity index (χ0n) is 12.2. The minimum atomic E-state index is -3.51. The van der Waals surface area contributed by atoms with E-state index < -0.39 is 10.0 Å². The molecule has 1 heterocycles. The highest BCUT2D eigenvalue weighted by Gasteiger charge is 2.34. The number of sulfonamides is 1. The fourth-order valence-electron chi connectivity index (χ4n) is 2.71. The second-order valence-electron chi connectivity index (χ2n) is 5.43. The molecule has 7 heteroatoms. The van der Waals surface area contributed by atoms with Crippen LogP contribution in [-0.4, -0.2) is 41.4 Å². The van der Waals surface area contributed by atoms with Crippen molar-refractivity contribution >= 4 is 10.0 Å². The number of nitrogens with zero attached hydrogens (tertiary/aromatic N) is 3. The molecular weight excluding hydrogens is 276 g/mol. The molecule has 1 aromatic heterocycles. The Hall–Kier alpha value is -0.920. The predicted molar refractivity (Wildman–Crippen MR) is 77.8 cm³/mol. The molecule has 0 atom stereocenters. The van der Waals surface area contributed by atoms with Gasteiger partial charge < -0.3 is 10.3 Å². The maximum absolute atomic E-state index is 12.8. The maximum Gasteiger partial charge on any atom is 0.262 e. The molecule has 0 radical (unpaired) electrons. The van der Waals surface area contributed by atoms with Gasteiger partial charge in [0.2, 0.25) is 0 Å².